The quantitative estimate of drug-likeness (QED) is 0.146. The normalized spacial score (nSPS) is 14.1. The molecule has 0 saturated heterocycles. The molecule has 0 atom stereocenters. The molecule has 0 saturated carbocycles. The van der Waals surface area contributed by atoms with Gasteiger partial charge in [0.15, 0.2) is 0 Å². The van der Waals surface area contributed by atoms with Crippen LogP contribution < -0.4 is 19.6 Å². The van der Waals surface area contributed by atoms with Crippen molar-refractivity contribution >= 4 is 28.2 Å². The first-order chi connectivity index (χ1) is 23.9. The summed E-state index contributed by atoms with van der Waals surface area (Å²) in [5, 5.41) is 0. The highest BCUT2D eigenvalue weighted by Crippen LogP contribution is 2.30. The molecule has 4 heteroatoms. The maximum Gasteiger partial charge on any atom is 0.125 e. The van der Waals surface area contributed by atoms with Crippen molar-refractivity contribution < 1.29 is 4.90 Å². The summed E-state index contributed by atoms with van der Waals surface area (Å²) in [7, 11) is 0. The van der Waals surface area contributed by atoms with Crippen molar-refractivity contribution in [3.8, 4) is 0 Å². The molecule has 1 N–H and O–H groups in total. The number of rotatable bonds is 17. The van der Waals surface area contributed by atoms with Gasteiger partial charge in [-0.15, -0.1) is 0 Å². The van der Waals surface area contributed by atoms with Gasteiger partial charge in [0, 0.05) is 56.3 Å². The maximum atomic E-state index is 2.40. The number of anilines is 3. The highest BCUT2D eigenvalue weighted by atomic mass is 15.1. The Hall–Kier alpha value is -4.28. The van der Waals surface area contributed by atoms with E-state index in [-0.39, 0.29) is 0 Å². The second-order valence-electron chi connectivity index (χ2n) is 12.6. The monoisotopic (exact) mass is 657 g/mol. The van der Waals surface area contributed by atoms with Gasteiger partial charge in [-0.05, 0) is 137 Å². The molecule has 260 valence electrons. The van der Waals surface area contributed by atoms with Crippen LogP contribution >= 0.6 is 0 Å². The summed E-state index contributed by atoms with van der Waals surface area (Å²) in [5.74, 6) is 0. The lowest BCUT2D eigenvalue weighted by atomic mass is 9.93. The van der Waals surface area contributed by atoms with Crippen molar-refractivity contribution in [1.82, 2.24) is 0 Å². The zero-order valence-corrected chi connectivity index (χ0v) is 31.5. The first kappa shape index (κ1) is 37.5. The number of hydrogen-bond acceptors (Lipinski definition) is 3. The van der Waals surface area contributed by atoms with Crippen LogP contribution in [0, 0.1) is 0 Å². The summed E-state index contributed by atoms with van der Waals surface area (Å²) in [4.78, 5) is 8.77. The molecule has 4 nitrogen and oxygen atoms in total. The maximum absolute atomic E-state index is 2.40. The number of hydrogen-bond donors (Lipinski definition) is 1. The van der Waals surface area contributed by atoms with Gasteiger partial charge in [0.05, 0.1) is 13.1 Å². The van der Waals surface area contributed by atoms with Gasteiger partial charge in [0.1, 0.15) is 6.04 Å². The molecule has 0 spiro atoms. The van der Waals surface area contributed by atoms with Crippen LogP contribution in [0.3, 0.4) is 0 Å². The summed E-state index contributed by atoms with van der Waals surface area (Å²) in [6, 6.07) is 27.7. The molecule has 0 fully saturated rings. The van der Waals surface area contributed by atoms with E-state index in [9.17, 15) is 0 Å². The van der Waals surface area contributed by atoms with Crippen LogP contribution in [0.4, 0.5) is 17.1 Å². The van der Waals surface area contributed by atoms with Crippen LogP contribution in [0.2, 0.25) is 0 Å². The van der Waals surface area contributed by atoms with Gasteiger partial charge in [-0.3, -0.25) is 0 Å². The highest BCUT2D eigenvalue weighted by Gasteiger charge is 2.17. The predicted molar refractivity (Wildman–Crippen MR) is 217 cm³/mol. The Morgan fingerprint density at radius 2 is 0.898 bits per heavy atom. The molecule has 0 aliphatic heterocycles. The van der Waals surface area contributed by atoms with E-state index in [1.165, 1.54) is 50.5 Å². The van der Waals surface area contributed by atoms with Crippen LogP contribution in [0.5, 0.6) is 0 Å². The second-order valence-corrected chi connectivity index (χ2v) is 12.6. The molecule has 0 heterocycles. The van der Waals surface area contributed by atoms with E-state index in [1.54, 1.807) is 4.90 Å². The van der Waals surface area contributed by atoms with Crippen LogP contribution in [-0.2, 0) is 0 Å². The lowest BCUT2D eigenvalue weighted by molar-refractivity contribution is -0.908. The number of benzene rings is 3. The standard InChI is InChI=1S/C45H60N4/c1-9-46(10-2)40-28-20-36(21-29-40)44(37-22-30-41(31-23-37)47(11-3)12-4)18-17-19-45(38-24-32-42(33-25-38)48(13-5)14-6)39-26-34-43(35-27-39)49(15-7)16-8/h17-35,40H,9-16H2,1-8H3/p+1/b18-17+,44-36?. The smallest absolute Gasteiger partial charge is 0.125 e. The molecule has 3 aromatic rings. The van der Waals surface area contributed by atoms with Crippen LogP contribution in [0.25, 0.3) is 11.1 Å². The summed E-state index contributed by atoms with van der Waals surface area (Å²) >= 11 is 0. The Morgan fingerprint density at radius 3 is 1.24 bits per heavy atom. The fourth-order valence-electron chi connectivity index (χ4n) is 6.99. The Balaban J connectivity index is 1.79. The van der Waals surface area contributed by atoms with Gasteiger partial charge in [-0.1, -0.05) is 66.8 Å². The van der Waals surface area contributed by atoms with Gasteiger partial charge < -0.3 is 19.6 Å². The van der Waals surface area contributed by atoms with Crippen molar-refractivity contribution in [1.29, 1.82) is 0 Å². The van der Waals surface area contributed by atoms with Crippen molar-refractivity contribution in [2.24, 2.45) is 0 Å². The fourth-order valence-corrected chi connectivity index (χ4v) is 6.99. The van der Waals surface area contributed by atoms with E-state index >= 15 is 0 Å². The molecule has 0 amide bonds. The van der Waals surface area contributed by atoms with E-state index in [1.807, 2.05) is 0 Å². The third kappa shape index (κ3) is 9.45. The number of nitrogens with zero attached hydrogens (tertiary/aromatic N) is 3. The van der Waals surface area contributed by atoms with E-state index in [4.69, 9.17) is 0 Å². The van der Waals surface area contributed by atoms with Gasteiger partial charge in [-0.25, -0.2) is 0 Å². The Labute approximate surface area is 298 Å². The van der Waals surface area contributed by atoms with Gasteiger partial charge in [0.2, 0.25) is 0 Å². The van der Waals surface area contributed by atoms with E-state index in [0.29, 0.717) is 6.04 Å². The topological polar surface area (TPSA) is 14.2 Å². The Morgan fingerprint density at radius 1 is 0.531 bits per heavy atom. The van der Waals surface area contributed by atoms with Crippen molar-refractivity contribution in [2.75, 3.05) is 67.1 Å². The van der Waals surface area contributed by atoms with Gasteiger partial charge >= 0.3 is 0 Å². The lowest BCUT2D eigenvalue weighted by Gasteiger charge is -2.24. The molecule has 1 aliphatic carbocycles. The molecule has 0 bridgehead atoms. The zero-order valence-electron chi connectivity index (χ0n) is 31.5. The number of nitrogens with one attached hydrogen (secondary N) is 1. The molecular formula is C45H61N4+. The minimum absolute atomic E-state index is 0.416. The van der Waals surface area contributed by atoms with Gasteiger partial charge in [0.25, 0.3) is 0 Å². The average molecular weight is 658 g/mol. The Bertz CT molecular complexity index is 1500. The third-order valence-corrected chi connectivity index (χ3v) is 10.1. The molecule has 49 heavy (non-hydrogen) atoms. The van der Waals surface area contributed by atoms with Crippen molar-refractivity contribution in [3.63, 3.8) is 0 Å². The summed E-state index contributed by atoms with van der Waals surface area (Å²) in [6.07, 6.45) is 16.3. The summed E-state index contributed by atoms with van der Waals surface area (Å²) in [5.41, 5.74) is 11.2. The molecule has 1 aliphatic rings. The molecule has 3 aromatic carbocycles. The Kier molecular flexibility index (Phi) is 14.6. The molecule has 0 radical (unpaired) electrons. The fraction of sp³-hybridized carbons (Fsp3) is 0.378. The molecule has 0 aromatic heterocycles. The minimum Gasteiger partial charge on any atom is -0.372 e. The van der Waals surface area contributed by atoms with E-state index in [2.05, 4.69) is 185 Å². The summed E-state index contributed by atoms with van der Waals surface area (Å²) in [6.45, 7) is 26.1. The highest BCUT2D eigenvalue weighted by molar-refractivity contribution is 5.85. The molecule has 0 unspecified atom stereocenters. The van der Waals surface area contributed by atoms with Crippen molar-refractivity contribution in [3.05, 3.63) is 138 Å². The summed E-state index contributed by atoms with van der Waals surface area (Å²) < 4.78 is 0. The average Bonchev–Trinajstić information content (AvgIpc) is 3.15. The largest absolute Gasteiger partial charge is 0.372 e. The first-order valence-electron chi connectivity index (χ1n) is 18.8. The lowest BCUT2D eigenvalue weighted by Crippen LogP contribution is -3.14. The first-order valence-corrected chi connectivity index (χ1v) is 18.8. The minimum atomic E-state index is 0.416. The number of likely N-dealkylation sites (N-methyl/N-ethyl adjacent to an activating group) is 1. The number of quaternary nitrogens is 1. The molecule has 4 rings (SSSR count). The zero-order chi connectivity index (χ0) is 35.2. The van der Waals surface area contributed by atoms with Crippen molar-refractivity contribution in [2.45, 2.75) is 61.4 Å². The van der Waals surface area contributed by atoms with Gasteiger partial charge in [-0.2, -0.15) is 0 Å². The van der Waals surface area contributed by atoms with E-state index < -0.39 is 0 Å². The van der Waals surface area contributed by atoms with Crippen LogP contribution in [0.15, 0.2) is 121 Å². The molecular weight excluding hydrogens is 597 g/mol. The predicted octanol–water partition coefficient (Wildman–Crippen LogP) is 9.09. The van der Waals surface area contributed by atoms with Crippen LogP contribution in [0.1, 0.15) is 72.1 Å². The second kappa shape index (κ2) is 19.0. The SMILES string of the molecule is CCN(CC)c1ccc(C(=C/C=C/C(=C2C=CC([NH+](CC)CC)C=C2)c2ccc(N(CC)CC)cc2)c2ccc(N(CC)CC)cc2)cc1. The van der Waals surface area contributed by atoms with E-state index in [0.717, 1.165) is 52.4 Å². The van der Waals surface area contributed by atoms with Crippen LogP contribution in [-0.4, -0.2) is 58.4 Å². The number of allylic oxidation sites excluding steroid dienone is 7. The third-order valence-electron chi connectivity index (χ3n) is 10.1.